The van der Waals surface area contributed by atoms with Gasteiger partial charge in [-0.05, 0) is 30.3 Å². The van der Waals surface area contributed by atoms with Crippen molar-refractivity contribution in [1.29, 1.82) is 0 Å². The second kappa shape index (κ2) is 7.74. The van der Waals surface area contributed by atoms with Crippen LogP contribution in [0, 0.1) is 0 Å². The number of carboxylic acids is 1. The zero-order valence-electron chi connectivity index (χ0n) is 12.2. The summed E-state index contributed by atoms with van der Waals surface area (Å²) >= 11 is 11.6. The molecule has 2 aromatic rings. The fourth-order valence-corrected chi connectivity index (χ4v) is 3.25. The summed E-state index contributed by atoms with van der Waals surface area (Å²) in [7, 11) is -3.67. The largest absolute Gasteiger partial charge is 0.480 e. The van der Waals surface area contributed by atoms with Crippen molar-refractivity contribution in [2.75, 3.05) is 17.8 Å². The molecular weight excluding hydrogens is 377 g/mol. The Balaban J connectivity index is 2.15. The predicted octanol–water partition coefficient (Wildman–Crippen LogP) is 3.30. The van der Waals surface area contributed by atoms with Gasteiger partial charge in [0.05, 0.1) is 20.6 Å². The smallest absolute Gasteiger partial charge is 0.341 e. The number of rotatable bonds is 7. The molecule has 2 aromatic carbocycles. The quantitative estimate of drug-likeness (QED) is 0.754. The van der Waals surface area contributed by atoms with Crippen molar-refractivity contribution in [3.63, 3.8) is 0 Å². The lowest BCUT2D eigenvalue weighted by molar-refractivity contribution is -0.139. The van der Waals surface area contributed by atoms with Gasteiger partial charge in [-0.1, -0.05) is 35.3 Å². The highest BCUT2D eigenvalue weighted by Crippen LogP contribution is 2.27. The minimum atomic E-state index is -3.67. The average molecular weight is 390 g/mol. The van der Waals surface area contributed by atoms with E-state index >= 15 is 0 Å². The zero-order chi connectivity index (χ0) is 17.7. The summed E-state index contributed by atoms with van der Waals surface area (Å²) in [6.07, 6.45) is 0. The van der Waals surface area contributed by atoms with Crippen LogP contribution in [0.3, 0.4) is 0 Å². The number of aliphatic carboxylic acids is 1. The number of benzene rings is 2. The van der Waals surface area contributed by atoms with Gasteiger partial charge in [0.25, 0.3) is 0 Å². The Hall–Kier alpha value is -1.96. The van der Waals surface area contributed by atoms with Crippen LogP contribution in [-0.4, -0.2) is 32.0 Å². The Morgan fingerprint density at radius 1 is 1.12 bits per heavy atom. The maximum atomic E-state index is 12.3. The molecule has 0 unspecified atom stereocenters. The van der Waals surface area contributed by atoms with Crippen molar-refractivity contribution >= 4 is 44.7 Å². The van der Waals surface area contributed by atoms with Gasteiger partial charge in [-0.25, -0.2) is 13.2 Å². The van der Waals surface area contributed by atoms with E-state index in [4.69, 9.17) is 33.0 Å². The van der Waals surface area contributed by atoms with Gasteiger partial charge in [0.1, 0.15) is 11.6 Å². The van der Waals surface area contributed by atoms with Crippen LogP contribution in [0.25, 0.3) is 0 Å². The van der Waals surface area contributed by atoms with Crippen LogP contribution in [0.1, 0.15) is 0 Å². The monoisotopic (exact) mass is 389 g/mol. The summed E-state index contributed by atoms with van der Waals surface area (Å²) in [6.45, 7) is -0.530. The van der Waals surface area contributed by atoms with E-state index in [-0.39, 0.29) is 20.7 Å². The molecule has 0 amide bonds. The van der Waals surface area contributed by atoms with Crippen LogP contribution in [0.15, 0.2) is 47.4 Å². The van der Waals surface area contributed by atoms with E-state index in [1.807, 2.05) is 0 Å². The molecule has 0 aromatic heterocycles. The number of nitrogens with one attached hydrogen (secondary N) is 1. The second-order valence-electron chi connectivity index (χ2n) is 4.69. The van der Waals surface area contributed by atoms with Crippen molar-refractivity contribution < 1.29 is 23.1 Å². The molecule has 128 valence electrons. The van der Waals surface area contributed by atoms with E-state index < -0.39 is 28.3 Å². The lowest BCUT2D eigenvalue weighted by Crippen LogP contribution is -2.16. The van der Waals surface area contributed by atoms with Crippen molar-refractivity contribution in [2.45, 2.75) is 4.90 Å². The molecule has 0 radical (unpaired) electrons. The van der Waals surface area contributed by atoms with Crippen LogP contribution in [0.5, 0.6) is 5.75 Å². The molecular formula is C15H13Cl2NO5S. The number of para-hydroxylation sites is 2. The first kappa shape index (κ1) is 18.4. The van der Waals surface area contributed by atoms with E-state index in [1.54, 1.807) is 18.2 Å². The Labute approximate surface area is 148 Å². The van der Waals surface area contributed by atoms with E-state index in [1.165, 1.54) is 24.3 Å². The molecule has 2 N–H and O–H groups in total. The number of hydrogen-bond acceptors (Lipinski definition) is 5. The van der Waals surface area contributed by atoms with Gasteiger partial charge in [0, 0.05) is 0 Å². The first-order valence-corrected chi connectivity index (χ1v) is 9.06. The fourth-order valence-electron chi connectivity index (χ4n) is 1.80. The minimum absolute atomic E-state index is 0.0216. The highest BCUT2D eigenvalue weighted by molar-refractivity contribution is 7.91. The van der Waals surface area contributed by atoms with Gasteiger partial charge < -0.3 is 15.2 Å². The minimum Gasteiger partial charge on any atom is -0.480 e. The lowest BCUT2D eigenvalue weighted by atomic mass is 10.3. The lowest BCUT2D eigenvalue weighted by Gasteiger charge is -2.12. The second-order valence-corrected chi connectivity index (χ2v) is 7.49. The van der Waals surface area contributed by atoms with Gasteiger partial charge in [-0.3, -0.25) is 0 Å². The molecule has 24 heavy (non-hydrogen) atoms. The van der Waals surface area contributed by atoms with Gasteiger partial charge in [-0.15, -0.1) is 0 Å². The van der Waals surface area contributed by atoms with E-state index in [0.29, 0.717) is 5.69 Å². The summed E-state index contributed by atoms with van der Waals surface area (Å²) < 4.78 is 29.8. The maximum Gasteiger partial charge on any atom is 0.341 e. The van der Waals surface area contributed by atoms with Gasteiger partial charge >= 0.3 is 5.97 Å². The van der Waals surface area contributed by atoms with Crippen molar-refractivity contribution in [2.24, 2.45) is 0 Å². The first-order chi connectivity index (χ1) is 11.3. The Kier molecular flexibility index (Phi) is 5.93. The first-order valence-electron chi connectivity index (χ1n) is 6.65. The molecule has 0 saturated carbocycles. The number of halogens is 2. The number of carbonyl (C=O) groups is 1. The zero-order valence-corrected chi connectivity index (χ0v) is 14.5. The van der Waals surface area contributed by atoms with Crippen molar-refractivity contribution in [3.8, 4) is 5.75 Å². The number of sulfone groups is 1. The summed E-state index contributed by atoms with van der Waals surface area (Å²) in [4.78, 5) is 10.6. The third kappa shape index (κ3) is 4.77. The molecule has 2 rings (SSSR count). The number of anilines is 1. The molecule has 0 aliphatic rings. The van der Waals surface area contributed by atoms with Gasteiger partial charge in [-0.2, -0.15) is 0 Å². The van der Waals surface area contributed by atoms with Gasteiger partial charge in [0.2, 0.25) is 0 Å². The third-order valence-corrected chi connectivity index (χ3v) is 5.18. The molecule has 0 fully saturated rings. The highest BCUT2D eigenvalue weighted by atomic mass is 35.5. The number of ether oxygens (including phenoxy) is 1. The molecule has 0 atom stereocenters. The highest BCUT2D eigenvalue weighted by Gasteiger charge is 2.16. The van der Waals surface area contributed by atoms with Gasteiger partial charge in [0.15, 0.2) is 16.4 Å². The van der Waals surface area contributed by atoms with Crippen LogP contribution < -0.4 is 10.1 Å². The summed E-state index contributed by atoms with van der Waals surface area (Å²) in [5.74, 6) is -1.31. The summed E-state index contributed by atoms with van der Waals surface area (Å²) in [6, 6.07) is 10.5. The summed E-state index contributed by atoms with van der Waals surface area (Å²) in [5.41, 5.74) is 0.363. The molecule has 0 saturated heterocycles. The Morgan fingerprint density at radius 2 is 1.83 bits per heavy atom. The molecule has 0 heterocycles. The van der Waals surface area contributed by atoms with Crippen molar-refractivity contribution in [3.05, 3.63) is 52.5 Å². The number of carboxylic acid groups (broad SMARTS) is 1. The molecule has 0 aliphatic carbocycles. The standard InChI is InChI=1S/C15H13Cl2NO5S/c16-11-6-5-10(7-12(11)17)24(21,22)9-18-13-3-1-2-4-14(13)23-8-15(19)20/h1-7,18H,8-9H2,(H,19,20). The average Bonchev–Trinajstić information content (AvgIpc) is 2.54. The number of hydrogen-bond donors (Lipinski definition) is 2. The Morgan fingerprint density at radius 3 is 2.50 bits per heavy atom. The molecule has 0 spiro atoms. The summed E-state index contributed by atoms with van der Waals surface area (Å²) in [5, 5.41) is 11.8. The fraction of sp³-hybridized carbons (Fsp3) is 0.133. The van der Waals surface area contributed by atoms with E-state index in [2.05, 4.69) is 5.32 Å². The van der Waals surface area contributed by atoms with Crippen LogP contribution in [0.4, 0.5) is 5.69 Å². The van der Waals surface area contributed by atoms with Crippen molar-refractivity contribution in [1.82, 2.24) is 0 Å². The normalized spacial score (nSPS) is 11.1. The predicted molar refractivity (Wildman–Crippen MR) is 91.7 cm³/mol. The molecule has 0 bridgehead atoms. The molecule has 6 nitrogen and oxygen atoms in total. The van der Waals surface area contributed by atoms with E-state index in [0.717, 1.165) is 0 Å². The maximum absolute atomic E-state index is 12.3. The van der Waals surface area contributed by atoms with Crippen LogP contribution >= 0.6 is 23.2 Å². The molecule has 9 heteroatoms. The topological polar surface area (TPSA) is 92.7 Å². The third-order valence-electron chi connectivity index (χ3n) is 2.94. The van der Waals surface area contributed by atoms with Crippen LogP contribution in [0.2, 0.25) is 10.0 Å². The SMILES string of the molecule is O=C(O)COc1ccccc1NCS(=O)(=O)c1ccc(Cl)c(Cl)c1. The van der Waals surface area contributed by atoms with E-state index in [9.17, 15) is 13.2 Å². The van der Waals surface area contributed by atoms with Crippen LogP contribution in [-0.2, 0) is 14.6 Å². The Bertz CT molecular complexity index is 855. The molecule has 0 aliphatic heterocycles.